The fourth-order valence-electron chi connectivity index (χ4n) is 3.08. The molecule has 2 bridgehead atoms. The summed E-state index contributed by atoms with van der Waals surface area (Å²) in [5.41, 5.74) is 5.98. The van der Waals surface area contributed by atoms with Crippen LogP contribution in [-0.2, 0) is 4.79 Å². The smallest absolute Gasteiger partial charge is 0.308 e. The predicted molar refractivity (Wildman–Crippen MR) is 49.2 cm³/mol. The highest BCUT2D eigenvalue weighted by Gasteiger charge is 2.43. The Morgan fingerprint density at radius 2 is 1.77 bits per heavy atom. The van der Waals surface area contributed by atoms with Gasteiger partial charge in [-0.1, -0.05) is 6.42 Å². The molecule has 74 valence electrons. The molecular formula is C10H17NO2. The number of hydrogen-bond donors (Lipinski definition) is 2. The van der Waals surface area contributed by atoms with E-state index in [1.165, 1.54) is 6.42 Å². The lowest BCUT2D eigenvalue weighted by molar-refractivity contribution is -0.146. The van der Waals surface area contributed by atoms with Gasteiger partial charge in [-0.3, -0.25) is 4.79 Å². The van der Waals surface area contributed by atoms with Crippen molar-refractivity contribution in [2.75, 3.05) is 0 Å². The number of fused-ring (bicyclic) bond motifs is 4. The van der Waals surface area contributed by atoms with Crippen molar-refractivity contribution in [3.63, 3.8) is 0 Å². The summed E-state index contributed by atoms with van der Waals surface area (Å²) in [6.45, 7) is 0. The van der Waals surface area contributed by atoms with Crippen molar-refractivity contribution in [3.05, 3.63) is 0 Å². The molecule has 0 spiro atoms. The topological polar surface area (TPSA) is 63.3 Å². The molecule has 13 heavy (non-hydrogen) atoms. The number of aliphatic carboxylic acids is 1. The monoisotopic (exact) mass is 183 g/mol. The van der Waals surface area contributed by atoms with E-state index >= 15 is 0 Å². The Bertz CT molecular complexity index is 211. The minimum absolute atomic E-state index is 0.0845. The number of hydrogen-bond acceptors (Lipinski definition) is 2. The van der Waals surface area contributed by atoms with Gasteiger partial charge in [-0.25, -0.2) is 0 Å². The Balaban J connectivity index is 2.21. The zero-order valence-corrected chi connectivity index (χ0v) is 7.78. The molecule has 3 aliphatic carbocycles. The average molecular weight is 183 g/mol. The van der Waals surface area contributed by atoms with Gasteiger partial charge in [0, 0.05) is 6.04 Å². The first-order valence-corrected chi connectivity index (χ1v) is 5.18. The average Bonchev–Trinajstić information content (AvgIpc) is 2.36. The highest BCUT2D eigenvalue weighted by Crippen LogP contribution is 2.42. The second-order valence-corrected chi connectivity index (χ2v) is 4.47. The van der Waals surface area contributed by atoms with Crippen LogP contribution in [0.4, 0.5) is 0 Å². The fraction of sp³-hybridized carbons (Fsp3) is 0.900. The molecule has 4 atom stereocenters. The lowest BCUT2D eigenvalue weighted by Crippen LogP contribution is -2.47. The highest BCUT2D eigenvalue weighted by atomic mass is 16.4. The first kappa shape index (κ1) is 9.00. The molecule has 0 saturated heterocycles. The lowest BCUT2D eigenvalue weighted by Gasteiger charge is -2.35. The van der Waals surface area contributed by atoms with Crippen LogP contribution in [0.1, 0.15) is 32.1 Å². The molecule has 0 radical (unpaired) electrons. The maximum Gasteiger partial charge on any atom is 0.308 e. The Morgan fingerprint density at radius 3 is 2.46 bits per heavy atom. The van der Waals surface area contributed by atoms with E-state index in [1.807, 2.05) is 0 Å². The minimum Gasteiger partial charge on any atom is -0.481 e. The summed E-state index contributed by atoms with van der Waals surface area (Å²) in [4.78, 5) is 11.0. The molecule has 0 aliphatic heterocycles. The van der Waals surface area contributed by atoms with Gasteiger partial charge < -0.3 is 10.8 Å². The van der Waals surface area contributed by atoms with E-state index < -0.39 is 5.97 Å². The van der Waals surface area contributed by atoms with Gasteiger partial charge >= 0.3 is 5.97 Å². The van der Waals surface area contributed by atoms with Crippen molar-refractivity contribution in [3.8, 4) is 0 Å². The third-order valence-electron chi connectivity index (χ3n) is 3.81. The molecule has 3 N–H and O–H groups in total. The molecule has 3 aliphatic rings. The number of carbonyl (C=O) groups is 1. The van der Waals surface area contributed by atoms with Gasteiger partial charge in [0.05, 0.1) is 5.92 Å². The largest absolute Gasteiger partial charge is 0.481 e. The third kappa shape index (κ3) is 1.46. The lowest BCUT2D eigenvalue weighted by atomic mass is 9.72. The Hall–Kier alpha value is -0.570. The molecule has 3 saturated carbocycles. The summed E-state index contributed by atoms with van der Waals surface area (Å²) >= 11 is 0. The van der Waals surface area contributed by atoms with E-state index in [0.717, 1.165) is 25.7 Å². The van der Waals surface area contributed by atoms with E-state index in [1.54, 1.807) is 0 Å². The zero-order chi connectivity index (χ0) is 9.42. The molecular weight excluding hydrogens is 166 g/mol. The first-order chi connectivity index (χ1) is 6.20. The molecule has 0 aromatic carbocycles. The third-order valence-corrected chi connectivity index (χ3v) is 3.81. The van der Waals surface area contributed by atoms with Crippen molar-refractivity contribution in [2.24, 2.45) is 23.5 Å². The first-order valence-electron chi connectivity index (χ1n) is 5.18. The van der Waals surface area contributed by atoms with Gasteiger partial charge in [0.25, 0.3) is 0 Å². The molecule has 0 aromatic heterocycles. The van der Waals surface area contributed by atoms with Crippen molar-refractivity contribution in [1.29, 1.82) is 0 Å². The maximum atomic E-state index is 11.0. The van der Waals surface area contributed by atoms with Crippen LogP contribution in [0.5, 0.6) is 0 Å². The van der Waals surface area contributed by atoms with Crippen molar-refractivity contribution in [2.45, 2.75) is 38.1 Å². The molecule has 3 nitrogen and oxygen atoms in total. The maximum absolute atomic E-state index is 11.0. The predicted octanol–water partition coefficient (Wildman–Crippen LogP) is 1.22. The minimum atomic E-state index is -0.677. The van der Waals surface area contributed by atoms with Crippen molar-refractivity contribution in [1.82, 2.24) is 0 Å². The van der Waals surface area contributed by atoms with Gasteiger partial charge in [-0.2, -0.15) is 0 Å². The van der Waals surface area contributed by atoms with Gasteiger partial charge in [0.15, 0.2) is 0 Å². The van der Waals surface area contributed by atoms with E-state index in [9.17, 15) is 4.79 Å². The van der Waals surface area contributed by atoms with Crippen molar-refractivity contribution < 1.29 is 9.90 Å². The molecule has 3 heteroatoms. The standard InChI is InChI=1S/C10H17NO2/c11-9-7-3-1-2-6(4-5-7)8(9)10(12)13/h6-9H,1-5,11H2,(H,12,13). The fourth-order valence-corrected chi connectivity index (χ4v) is 3.08. The van der Waals surface area contributed by atoms with Gasteiger partial charge in [0.2, 0.25) is 0 Å². The van der Waals surface area contributed by atoms with E-state index in [-0.39, 0.29) is 12.0 Å². The molecule has 3 rings (SSSR count). The summed E-state index contributed by atoms with van der Waals surface area (Å²) in [6.07, 6.45) is 5.61. The van der Waals surface area contributed by atoms with Gasteiger partial charge in [-0.15, -0.1) is 0 Å². The quantitative estimate of drug-likeness (QED) is 0.642. The SMILES string of the molecule is NC1C2CCCC(CC2)C1C(=O)O. The summed E-state index contributed by atoms with van der Waals surface area (Å²) in [5, 5.41) is 9.08. The van der Waals surface area contributed by atoms with Gasteiger partial charge in [0.1, 0.15) is 0 Å². The number of rotatable bonds is 1. The Labute approximate surface area is 78.3 Å². The van der Waals surface area contributed by atoms with Crippen LogP contribution in [0.2, 0.25) is 0 Å². The van der Waals surface area contributed by atoms with Crippen LogP contribution in [0.25, 0.3) is 0 Å². The normalized spacial score (nSPS) is 44.4. The van der Waals surface area contributed by atoms with Crippen molar-refractivity contribution >= 4 is 5.97 Å². The van der Waals surface area contributed by atoms with Crippen LogP contribution >= 0.6 is 0 Å². The van der Waals surface area contributed by atoms with Gasteiger partial charge in [-0.05, 0) is 37.5 Å². The molecule has 4 unspecified atom stereocenters. The number of carboxylic acid groups (broad SMARTS) is 1. The summed E-state index contributed by atoms with van der Waals surface area (Å²) in [6, 6.07) is -0.0845. The molecule has 0 amide bonds. The summed E-state index contributed by atoms with van der Waals surface area (Å²) in [5.74, 6) is -0.114. The summed E-state index contributed by atoms with van der Waals surface area (Å²) < 4.78 is 0. The second kappa shape index (κ2) is 3.29. The Morgan fingerprint density at radius 1 is 1.15 bits per heavy atom. The molecule has 0 heterocycles. The van der Waals surface area contributed by atoms with Crippen LogP contribution in [0, 0.1) is 17.8 Å². The van der Waals surface area contributed by atoms with E-state index in [2.05, 4.69) is 0 Å². The second-order valence-electron chi connectivity index (χ2n) is 4.47. The molecule has 3 fully saturated rings. The van der Waals surface area contributed by atoms with Crippen LogP contribution < -0.4 is 5.73 Å². The number of carboxylic acids is 1. The van der Waals surface area contributed by atoms with E-state index in [0.29, 0.717) is 11.8 Å². The van der Waals surface area contributed by atoms with Crippen LogP contribution in [0.15, 0.2) is 0 Å². The Kier molecular flexibility index (Phi) is 2.28. The van der Waals surface area contributed by atoms with Crippen LogP contribution in [0.3, 0.4) is 0 Å². The molecule has 0 aromatic rings. The summed E-state index contributed by atoms with van der Waals surface area (Å²) in [7, 11) is 0. The zero-order valence-electron chi connectivity index (χ0n) is 7.78. The van der Waals surface area contributed by atoms with E-state index in [4.69, 9.17) is 10.8 Å². The number of nitrogens with two attached hydrogens (primary N) is 1. The highest BCUT2D eigenvalue weighted by molar-refractivity contribution is 5.71. The van der Waals surface area contributed by atoms with Crippen LogP contribution in [-0.4, -0.2) is 17.1 Å².